The largest absolute Gasteiger partial charge is 0.393 e. The second-order valence-electron chi connectivity index (χ2n) is 3.28. The average Bonchev–Trinajstić information content (AvgIpc) is 2.18. The van der Waals surface area contributed by atoms with Crippen LogP contribution in [0.15, 0.2) is 28.7 Å². The van der Waals surface area contributed by atoms with E-state index in [-0.39, 0.29) is 6.10 Å². The van der Waals surface area contributed by atoms with Gasteiger partial charge < -0.3 is 5.11 Å². The first-order valence-corrected chi connectivity index (χ1v) is 6.04. The van der Waals surface area contributed by atoms with Gasteiger partial charge in [0.15, 0.2) is 0 Å². The molecule has 1 nitrogen and oxygen atoms in total. The Kier molecular flexibility index (Phi) is 5.53. The minimum Gasteiger partial charge on any atom is -0.393 e. The highest BCUT2D eigenvalue weighted by Gasteiger charge is 2.06. The van der Waals surface area contributed by atoms with Gasteiger partial charge in [0.05, 0.1) is 6.10 Å². The predicted octanol–water partition coefficient (Wildman–Crippen LogP) is 3.37. The summed E-state index contributed by atoms with van der Waals surface area (Å²) < 4.78 is 1.06. The Balaban J connectivity index is 2.47. The first kappa shape index (κ1) is 12.0. The lowest BCUT2D eigenvalue weighted by Gasteiger charge is -2.10. The molecule has 0 aliphatic carbocycles. The van der Waals surface area contributed by atoms with Gasteiger partial charge in [-0.15, -0.1) is 11.6 Å². The van der Waals surface area contributed by atoms with Gasteiger partial charge in [-0.25, -0.2) is 0 Å². The minimum atomic E-state index is -0.285. The van der Waals surface area contributed by atoms with E-state index in [2.05, 4.69) is 15.9 Å². The molecule has 1 aromatic carbocycles. The second-order valence-corrected chi connectivity index (χ2v) is 4.51. The van der Waals surface area contributed by atoms with E-state index in [9.17, 15) is 5.11 Å². The fourth-order valence-corrected chi connectivity index (χ4v) is 1.93. The van der Waals surface area contributed by atoms with Crippen molar-refractivity contribution in [3.05, 3.63) is 34.3 Å². The molecule has 1 rings (SSSR count). The first-order chi connectivity index (χ1) is 6.74. The summed E-state index contributed by atoms with van der Waals surface area (Å²) in [7, 11) is 0. The number of rotatable bonds is 5. The van der Waals surface area contributed by atoms with Crippen LogP contribution < -0.4 is 0 Å². The molecule has 0 aliphatic heterocycles. The van der Waals surface area contributed by atoms with Crippen molar-refractivity contribution in [1.82, 2.24) is 0 Å². The van der Waals surface area contributed by atoms with Crippen LogP contribution in [0.25, 0.3) is 0 Å². The van der Waals surface area contributed by atoms with Crippen molar-refractivity contribution in [1.29, 1.82) is 0 Å². The Morgan fingerprint density at radius 2 is 2.07 bits per heavy atom. The molecule has 78 valence electrons. The summed E-state index contributed by atoms with van der Waals surface area (Å²) in [6, 6.07) is 7.96. The van der Waals surface area contributed by atoms with Gasteiger partial charge in [-0.3, -0.25) is 0 Å². The van der Waals surface area contributed by atoms with Gasteiger partial charge in [0, 0.05) is 10.4 Å². The number of alkyl halides is 1. The molecule has 0 saturated carbocycles. The summed E-state index contributed by atoms with van der Waals surface area (Å²) in [5, 5.41) is 9.68. The normalized spacial score (nSPS) is 12.8. The molecule has 0 aromatic heterocycles. The molecule has 0 saturated heterocycles. The minimum absolute atomic E-state index is 0.285. The number of benzene rings is 1. The highest BCUT2D eigenvalue weighted by molar-refractivity contribution is 9.10. The van der Waals surface area contributed by atoms with Gasteiger partial charge in [-0.05, 0) is 30.9 Å². The van der Waals surface area contributed by atoms with Crippen LogP contribution in [0.5, 0.6) is 0 Å². The van der Waals surface area contributed by atoms with Crippen LogP contribution in [0, 0.1) is 0 Å². The van der Waals surface area contributed by atoms with Gasteiger partial charge in [0.2, 0.25) is 0 Å². The third-order valence-corrected chi connectivity index (χ3v) is 3.13. The number of halogens is 2. The zero-order chi connectivity index (χ0) is 10.4. The van der Waals surface area contributed by atoms with Crippen LogP contribution in [0.2, 0.25) is 0 Å². The van der Waals surface area contributed by atoms with Gasteiger partial charge in [-0.2, -0.15) is 0 Å². The van der Waals surface area contributed by atoms with E-state index < -0.39 is 0 Å². The van der Waals surface area contributed by atoms with Gasteiger partial charge >= 0.3 is 0 Å². The first-order valence-electron chi connectivity index (χ1n) is 4.71. The van der Waals surface area contributed by atoms with E-state index in [0.29, 0.717) is 12.3 Å². The van der Waals surface area contributed by atoms with Crippen molar-refractivity contribution in [2.45, 2.75) is 25.4 Å². The molecule has 3 heteroatoms. The van der Waals surface area contributed by atoms with Crippen molar-refractivity contribution < 1.29 is 5.11 Å². The maximum absolute atomic E-state index is 9.68. The molecule has 1 atom stereocenters. The molecule has 0 aliphatic rings. The number of aliphatic hydroxyl groups excluding tert-OH is 1. The van der Waals surface area contributed by atoms with Crippen LogP contribution in [0.4, 0.5) is 0 Å². The van der Waals surface area contributed by atoms with Crippen molar-refractivity contribution in [2.24, 2.45) is 0 Å². The van der Waals surface area contributed by atoms with E-state index in [1.807, 2.05) is 24.3 Å². The lowest BCUT2D eigenvalue weighted by molar-refractivity contribution is 0.164. The molecule has 0 radical (unpaired) electrons. The third kappa shape index (κ3) is 3.99. The summed E-state index contributed by atoms with van der Waals surface area (Å²) in [6.07, 6.45) is 2.04. The molecule has 0 fully saturated rings. The lowest BCUT2D eigenvalue weighted by Crippen LogP contribution is -2.10. The van der Waals surface area contributed by atoms with Crippen LogP contribution in [0.3, 0.4) is 0 Å². The van der Waals surface area contributed by atoms with Gasteiger partial charge in [-0.1, -0.05) is 34.1 Å². The van der Waals surface area contributed by atoms with Gasteiger partial charge in [0.25, 0.3) is 0 Å². The number of aliphatic hydroxyl groups is 1. The summed E-state index contributed by atoms with van der Waals surface area (Å²) in [5.74, 6) is 0.618. The van der Waals surface area contributed by atoms with E-state index in [4.69, 9.17) is 11.6 Å². The Morgan fingerprint density at radius 1 is 1.36 bits per heavy atom. The molecule has 0 heterocycles. The molecule has 0 amide bonds. The molecule has 0 bridgehead atoms. The molecular weight excluding hydrogens is 263 g/mol. The van der Waals surface area contributed by atoms with E-state index in [1.54, 1.807) is 0 Å². The molecule has 14 heavy (non-hydrogen) atoms. The molecule has 1 N–H and O–H groups in total. The Labute approximate surface area is 98.2 Å². The van der Waals surface area contributed by atoms with Crippen molar-refractivity contribution >= 4 is 27.5 Å². The summed E-state index contributed by atoms with van der Waals surface area (Å²) in [5.41, 5.74) is 1.15. The van der Waals surface area contributed by atoms with Crippen LogP contribution >= 0.6 is 27.5 Å². The monoisotopic (exact) mass is 276 g/mol. The van der Waals surface area contributed by atoms with Crippen molar-refractivity contribution in [2.75, 3.05) is 5.88 Å². The van der Waals surface area contributed by atoms with Crippen molar-refractivity contribution in [3.8, 4) is 0 Å². The Bertz CT molecular complexity index is 278. The second kappa shape index (κ2) is 6.44. The quantitative estimate of drug-likeness (QED) is 0.818. The molecule has 0 spiro atoms. The molecule has 1 unspecified atom stereocenters. The Morgan fingerprint density at radius 3 is 2.71 bits per heavy atom. The summed E-state index contributed by atoms with van der Waals surface area (Å²) in [4.78, 5) is 0. The number of hydrogen-bond acceptors (Lipinski definition) is 1. The van der Waals surface area contributed by atoms with E-state index >= 15 is 0 Å². The molecular formula is C11H14BrClO. The predicted molar refractivity (Wildman–Crippen MR) is 63.8 cm³/mol. The fourth-order valence-electron chi connectivity index (χ4n) is 1.33. The smallest absolute Gasteiger partial charge is 0.0581 e. The number of hydrogen-bond donors (Lipinski definition) is 1. The SMILES string of the molecule is OC(CCCCl)Cc1ccccc1Br. The maximum Gasteiger partial charge on any atom is 0.0581 e. The van der Waals surface area contributed by atoms with Gasteiger partial charge in [0.1, 0.15) is 0 Å². The fraction of sp³-hybridized carbons (Fsp3) is 0.455. The summed E-state index contributed by atoms with van der Waals surface area (Å²) in [6.45, 7) is 0. The topological polar surface area (TPSA) is 20.2 Å². The van der Waals surface area contributed by atoms with E-state index in [0.717, 1.165) is 22.9 Å². The lowest BCUT2D eigenvalue weighted by atomic mass is 10.1. The standard InChI is InChI=1S/C11H14BrClO/c12-11-6-2-1-4-9(11)8-10(14)5-3-7-13/h1-2,4,6,10,14H,3,5,7-8H2. The zero-order valence-corrected chi connectivity index (χ0v) is 10.3. The summed E-state index contributed by atoms with van der Waals surface area (Å²) >= 11 is 9.02. The van der Waals surface area contributed by atoms with Crippen LogP contribution in [0.1, 0.15) is 18.4 Å². The molecule has 1 aromatic rings. The third-order valence-electron chi connectivity index (χ3n) is 2.08. The van der Waals surface area contributed by atoms with Crippen LogP contribution in [-0.4, -0.2) is 17.1 Å². The zero-order valence-electron chi connectivity index (χ0n) is 7.92. The maximum atomic E-state index is 9.68. The Hall–Kier alpha value is -0.0500. The van der Waals surface area contributed by atoms with Crippen molar-refractivity contribution in [3.63, 3.8) is 0 Å². The van der Waals surface area contributed by atoms with E-state index in [1.165, 1.54) is 0 Å². The highest BCUT2D eigenvalue weighted by atomic mass is 79.9. The average molecular weight is 278 g/mol. The van der Waals surface area contributed by atoms with Crippen LogP contribution in [-0.2, 0) is 6.42 Å². The highest BCUT2D eigenvalue weighted by Crippen LogP contribution is 2.18.